The number of hydrogen-bond donors (Lipinski definition) is 1. The highest BCUT2D eigenvalue weighted by molar-refractivity contribution is 6.30. The second-order valence-electron chi connectivity index (χ2n) is 6.40. The van der Waals surface area contributed by atoms with Crippen LogP contribution in [0.5, 0.6) is 0 Å². The van der Waals surface area contributed by atoms with Crippen LogP contribution in [0.15, 0.2) is 61.1 Å². The molecule has 1 amide bonds. The summed E-state index contributed by atoms with van der Waals surface area (Å²) in [4.78, 5) is 29.6. The van der Waals surface area contributed by atoms with Crippen molar-refractivity contribution in [3.8, 4) is 0 Å². The van der Waals surface area contributed by atoms with Gasteiger partial charge in [-0.2, -0.15) is 0 Å². The first kappa shape index (κ1) is 18.2. The molecule has 7 nitrogen and oxygen atoms in total. The Morgan fingerprint density at radius 1 is 0.964 bits per heavy atom. The van der Waals surface area contributed by atoms with Crippen molar-refractivity contribution in [2.75, 3.05) is 36.4 Å². The second kappa shape index (κ2) is 8.22. The predicted molar refractivity (Wildman–Crippen MR) is 109 cm³/mol. The Bertz CT molecular complexity index is 942. The Hall–Kier alpha value is -3.19. The van der Waals surface area contributed by atoms with Crippen molar-refractivity contribution in [2.24, 2.45) is 0 Å². The Kier molecular flexibility index (Phi) is 5.34. The highest BCUT2D eigenvalue weighted by atomic mass is 35.5. The number of anilines is 3. The molecule has 1 N–H and O–H groups in total. The van der Waals surface area contributed by atoms with E-state index in [2.05, 4.69) is 25.2 Å². The number of halogens is 1. The third-order valence-electron chi connectivity index (χ3n) is 4.51. The minimum absolute atomic E-state index is 0.0181. The van der Waals surface area contributed by atoms with Crippen LogP contribution in [0.3, 0.4) is 0 Å². The van der Waals surface area contributed by atoms with Crippen LogP contribution < -0.4 is 10.2 Å². The molecule has 142 valence electrons. The number of pyridine rings is 1. The zero-order valence-corrected chi connectivity index (χ0v) is 15.9. The largest absolute Gasteiger partial charge is 0.340 e. The van der Waals surface area contributed by atoms with Crippen molar-refractivity contribution in [1.82, 2.24) is 19.9 Å². The number of aromatic nitrogens is 3. The lowest BCUT2D eigenvalue weighted by molar-refractivity contribution is 0.0746. The van der Waals surface area contributed by atoms with Crippen molar-refractivity contribution in [3.05, 3.63) is 71.6 Å². The average Bonchev–Trinajstić information content (AvgIpc) is 2.75. The molecular formula is C20H19ClN6O. The van der Waals surface area contributed by atoms with Crippen molar-refractivity contribution in [3.63, 3.8) is 0 Å². The molecule has 1 aliphatic rings. The summed E-state index contributed by atoms with van der Waals surface area (Å²) in [5, 5.41) is 3.82. The molecule has 0 aliphatic carbocycles. The van der Waals surface area contributed by atoms with Crippen LogP contribution in [0.1, 0.15) is 10.4 Å². The summed E-state index contributed by atoms with van der Waals surface area (Å²) in [5.74, 6) is 1.34. The number of piperazine rings is 1. The van der Waals surface area contributed by atoms with Gasteiger partial charge in [-0.1, -0.05) is 17.7 Å². The van der Waals surface area contributed by atoms with E-state index in [1.54, 1.807) is 36.8 Å². The smallest absolute Gasteiger partial charge is 0.255 e. The lowest BCUT2D eigenvalue weighted by Gasteiger charge is -2.34. The van der Waals surface area contributed by atoms with Gasteiger partial charge in [-0.15, -0.1) is 0 Å². The molecule has 1 fully saturated rings. The summed E-state index contributed by atoms with van der Waals surface area (Å²) in [6.45, 7) is 2.66. The lowest BCUT2D eigenvalue weighted by Crippen LogP contribution is -2.49. The van der Waals surface area contributed by atoms with Crippen LogP contribution in [0.4, 0.5) is 17.5 Å². The standard InChI is InChI=1S/C20H19ClN6O/c21-16-3-1-4-17(13-16)25-18-6-5-15(14-24-18)19(28)26-9-11-27(12-10-26)20-22-7-2-8-23-20/h1-8,13-14H,9-12H2,(H,24,25). The van der Waals surface area contributed by atoms with Gasteiger partial charge in [-0.05, 0) is 36.4 Å². The minimum Gasteiger partial charge on any atom is -0.340 e. The number of rotatable bonds is 4. The number of carbonyl (C=O) groups excluding carboxylic acids is 1. The molecule has 0 radical (unpaired) electrons. The summed E-state index contributed by atoms with van der Waals surface area (Å²) >= 11 is 5.99. The first-order valence-electron chi connectivity index (χ1n) is 8.99. The Balaban J connectivity index is 1.36. The fraction of sp³-hybridized carbons (Fsp3) is 0.200. The fourth-order valence-corrected chi connectivity index (χ4v) is 3.25. The average molecular weight is 395 g/mol. The molecule has 3 heterocycles. The summed E-state index contributed by atoms with van der Waals surface area (Å²) in [5.41, 5.74) is 1.42. The number of hydrogen-bond acceptors (Lipinski definition) is 6. The molecule has 1 aromatic carbocycles. The van der Waals surface area contributed by atoms with Gasteiger partial charge in [0, 0.05) is 55.5 Å². The molecule has 2 aromatic heterocycles. The molecule has 0 atom stereocenters. The van der Waals surface area contributed by atoms with Crippen LogP contribution in [-0.2, 0) is 0 Å². The van der Waals surface area contributed by atoms with Gasteiger partial charge in [0.1, 0.15) is 5.82 Å². The highest BCUT2D eigenvalue weighted by Crippen LogP contribution is 2.19. The van der Waals surface area contributed by atoms with E-state index in [1.807, 2.05) is 29.2 Å². The topological polar surface area (TPSA) is 74.2 Å². The SMILES string of the molecule is O=C(c1ccc(Nc2cccc(Cl)c2)nc1)N1CCN(c2ncccn2)CC1. The van der Waals surface area contributed by atoms with E-state index in [1.165, 1.54) is 0 Å². The number of nitrogens with zero attached hydrogens (tertiary/aromatic N) is 5. The summed E-state index contributed by atoms with van der Waals surface area (Å²) in [6, 6.07) is 12.8. The van der Waals surface area contributed by atoms with Gasteiger partial charge in [0.15, 0.2) is 0 Å². The molecule has 28 heavy (non-hydrogen) atoms. The van der Waals surface area contributed by atoms with Crippen molar-refractivity contribution in [2.45, 2.75) is 0 Å². The van der Waals surface area contributed by atoms with Gasteiger partial charge >= 0.3 is 0 Å². The van der Waals surface area contributed by atoms with Gasteiger partial charge < -0.3 is 15.1 Å². The molecular weight excluding hydrogens is 376 g/mol. The van der Waals surface area contributed by atoms with Gasteiger partial charge in [-0.25, -0.2) is 15.0 Å². The summed E-state index contributed by atoms with van der Waals surface area (Å²) in [7, 11) is 0. The Morgan fingerprint density at radius 2 is 1.75 bits per heavy atom. The third-order valence-corrected chi connectivity index (χ3v) is 4.74. The van der Waals surface area contributed by atoms with E-state index >= 15 is 0 Å². The van der Waals surface area contributed by atoms with Crippen LogP contribution in [0, 0.1) is 0 Å². The number of amides is 1. The van der Waals surface area contributed by atoms with Gasteiger partial charge in [-0.3, -0.25) is 4.79 Å². The summed E-state index contributed by atoms with van der Waals surface area (Å²) in [6.07, 6.45) is 5.05. The molecule has 0 unspecified atom stereocenters. The maximum Gasteiger partial charge on any atom is 0.255 e. The van der Waals surface area contributed by atoms with E-state index in [0.29, 0.717) is 48.5 Å². The first-order chi connectivity index (χ1) is 13.7. The monoisotopic (exact) mass is 394 g/mol. The predicted octanol–water partition coefficient (Wildman–Crippen LogP) is 3.23. The molecule has 0 saturated carbocycles. The van der Waals surface area contributed by atoms with Crippen LogP contribution in [0.25, 0.3) is 0 Å². The fourth-order valence-electron chi connectivity index (χ4n) is 3.06. The Labute approximate surface area is 168 Å². The molecule has 8 heteroatoms. The maximum atomic E-state index is 12.8. The number of nitrogens with one attached hydrogen (secondary N) is 1. The van der Waals surface area contributed by atoms with Crippen molar-refractivity contribution >= 4 is 35.0 Å². The quantitative estimate of drug-likeness (QED) is 0.732. The molecule has 0 spiro atoms. The highest BCUT2D eigenvalue weighted by Gasteiger charge is 2.23. The Morgan fingerprint density at radius 3 is 2.43 bits per heavy atom. The zero-order chi connectivity index (χ0) is 19.3. The van der Waals surface area contributed by atoms with Gasteiger partial charge in [0.2, 0.25) is 5.95 Å². The third kappa shape index (κ3) is 4.20. The van der Waals surface area contributed by atoms with E-state index in [-0.39, 0.29) is 5.91 Å². The van der Waals surface area contributed by atoms with E-state index in [9.17, 15) is 4.79 Å². The van der Waals surface area contributed by atoms with Crippen LogP contribution in [0.2, 0.25) is 5.02 Å². The van der Waals surface area contributed by atoms with E-state index in [4.69, 9.17) is 11.6 Å². The first-order valence-corrected chi connectivity index (χ1v) is 9.37. The van der Waals surface area contributed by atoms with E-state index < -0.39 is 0 Å². The summed E-state index contributed by atoms with van der Waals surface area (Å²) < 4.78 is 0. The molecule has 3 aromatic rings. The van der Waals surface area contributed by atoms with Crippen molar-refractivity contribution in [1.29, 1.82) is 0 Å². The number of carbonyl (C=O) groups is 1. The minimum atomic E-state index is -0.0181. The lowest BCUT2D eigenvalue weighted by atomic mass is 10.2. The maximum absolute atomic E-state index is 12.8. The zero-order valence-electron chi connectivity index (χ0n) is 15.1. The van der Waals surface area contributed by atoms with Crippen LogP contribution in [-0.4, -0.2) is 51.9 Å². The molecule has 0 bridgehead atoms. The normalized spacial score (nSPS) is 14.0. The molecule has 4 rings (SSSR count). The number of benzene rings is 1. The molecule has 1 aliphatic heterocycles. The van der Waals surface area contributed by atoms with Crippen LogP contribution >= 0.6 is 11.6 Å². The second-order valence-corrected chi connectivity index (χ2v) is 6.83. The van der Waals surface area contributed by atoms with Gasteiger partial charge in [0.05, 0.1) is 5.56 Å². The van der Waals surface area contributed by atoms with E-state index in [0.717, 1.165) is 5.69 Å². The van der Waals surface area contributed by atoms with Crippen molar-refractivity contribution < 1.29 is 4.79 Å². The van der Waals surface area contributed by atoms with Gasteiger partial charge in [0.25, 0.3) is 5.91 Å². The molecule has 1 saturated heterocycles.